The molecule has 166 valence electrons. The minimum Gasteiger partial charge on any atom is -0.493 e. The van der Waals surface area contributed by atoms with Crippen LogP contribution >= 0.6 is 0 Å². The Hall–Kier alpha value is -2.62. The fraction of sp³-hybridized carbons (Fsp3) is 0.481. The van der Waals surface area contributed by atoms with Gasteiger partial charge in [-0.15, -0.1) is 10.2 Å². The second-order valence-electron chi connectivity index (χ2n) is 8.52. The van der Waals surface area contributed by atoms with Crippen LogP contribution in [0.15, 0.2) is 40.8 Å². The van der Waals surface area contributed by atoms with Crippen molar-refractivity contribution >= 4 is 0 Å². The van der Waals surface area contributed by atoms with Crippen LogP contribution in [0.1, 0.15) is 75.0 Å². The highest BCUT2D eigenvalue weighted by Crippen LogP contribution is 2.29. The summed E-state index contributed by atoms with van der Waals surface area (Å²) in [6, 6.07) is 12.3. The highest BCUT2D eigenvalue weighted by molar-refractivity contribution is 5.61. The number of nitrogens with zero attached hydrogens (tertiary/aromatic N) is 2. The number of benzene rings is 2. The molecule has 0 spiro atoms. The second-order valence-corrected chi connectivity index (χ2v) is 8.52. The molecule has 0 aliphatic heterocycles. The lowest BCUT2D eigenvalue weighted by molar-refractivity contribution is 0.302. The molecule has 0 saturated carbocycles. The molecule has 4 heteroatoms. The molecule has 0 N–H and O–H groups in total. The van der Waals surface area contributed by atoms with Crippen molar-refractivity contribution in [3.63, 3.8) is 0 Å². The van der Waals surface area contributed by atoms with E-state index in [1.807, 2.05) is 18.2 Å². The molecule has 0 bridgehead atoms. The van der Waals surface area contributed by atoms with Gasteiger partial charge in [-0.1, -0.05) is 64.0 Å². The van der Waals surface area contributed by atoms with E-state index in [0.717, 1.165) is 35.5 Å². The van der Waals surface area contributed by atoms with E-state index in [4.69, 9.17) is 9.15 Å². The van der Waals surface area contributed by atoms with Gasteiger partial charge < -0.3 is 9.15 Å². The lowest BCUT2D eigenvalue weighted by atomic mass is 10.1. The minimum absolute atomic E-state index is 0.519. The first-order valence-electron chi connectivity index (χ1n) is 11.7. The van der Waals surface area contributed by atoms with E-state index in [-0.39, 0.29) is 0 Å². The molecule has 0 amide bonds. The Bertz CT molecular complexity index is 962. The van der Waals surface area contributed by atoms with Crippen molar-refractivity contribution in [1.29, 1.82) is 0 Å². The number of unbranched alkanes of at least 4 members (excludes halogenated alkanes) is 7. The van der Waals surface area contributed by atoms with Crippen LogP contribution < -0.4 is 4.74 Å². The van der Waals surface area contributed by atoms with E-state index in [2.05, 4.69) is 56.1 Å². The SMILES string of the molecule is CCCCCCCCCCOc1cc(-c2nnc(-c3ccc(C)c(C)c3)o2)ccc1C. The van der Waals surface area contributed by atoms with E-state index < -0.39 is 0 Å². The Morgan fingerprint density at radius 3 is 1.90 bits per heavy atom. The Balaban J connectivity index is 1.55. The third kappa shape index (κ3) is 6.68. The number of hydrogen-bond donors (Lipinski definition) is 0. The molecule has 0 unspecified atom stereocenters. The standard InChI is InChI=1S/C27H36N2O2/c1-5-6-7-8-9-10-11-12-17-30-25-19-24(16-14-21(25)3)27-29-28-26(31-27)23-15-13-20(2)22(4)18-23/h13-16,18-19H,5-12,17H2,1-4H3. The fourth-order valence-corrected chi connectivity index (χ4v) is 3.64. The topological polar surface area (TPSA) is 48.2 Å². The normalized spacial score (nSPS) is 11.1. The molecule has 1 aromatic heterocycles. The first kappa shape index (κ1) is 23.1. The summed E-state index contributed by atoms with van der Waals surface area (Å²) in [6.07, 6.45) is 10.4. The quantitative estimate of drug-likeness (QED) is 0.280. The lowest BCUT2D eigenvalue weighted by Crippen LogP contribution is -1.99. The molecule has 31 heavy (non-hydrogen) atoms. The van der Waals surface area contributed by atoms with Crippen LogP contribution in [0.3, 0.4) is 0 Å². The highest BCUT2D eigenvalue weighted by Gasteiger charge is 2.13. The number of ether oxygens (including phenoxy) is 1. The van der Waals surface area contributed by atoms with Crippen molar-refractivity contribution in [2.75, 3.05) is 6.61 Å². The molecule has 0 atom stereocenters. The third-order valence-electron chi connectivity index (χ3n) is 5.87. The number of hydrogen-bond acceptors (Lipinski definition) is 4. The Morgan fingerprint density at radius 2 is 1.26 bits per heavy atom. The molecular formula is C27H36N2O2. The average molecular weight is 421 g/mol. The zero-order chi connectivity index (χ0) is 22.1. The predicted octanol–water partition coefficient (Wildman–Crippen LogP) is 7.85. The maximum absolute atomic E-state index is 6.07. The highest BCUT2D eigenvalue weighted by atomic mass is 16.5. The third-order valence-corrected chi connectivity index (χ3v) is 5.87. The van der Waals surface area contributed by atoms with Crippen molar-refractivity contribution in [2.24, 2.45) is 0 Å². The molecule has 0 saturated heterocycles. The van der Waals surface area contributed by atoms with Crippen LogP contribution in [-0.4, -0.2) is 16.8 Å². The maximum Gasteiger partial charge on any atom is 0.248 e. The van der Waals surface area contributed by atoms with Crippen LogP contribution in [0.5, 0.6) is 5.75 Å². The van der Waals surface area contributed by atoms with E-state index in [9.17, 15) is 0 Å². The van der Waals surface area contributed by atoms with E-state index in [1.165, 1.54) is 56.1 Å². The van der Waals surface area contributed by atoms with Gasteiger partial charge in [0.25, 0.3) is 0 Å². The largest absolute Gasteiger partial charge is 0.493 e. The summed E-state index contributed by atoms with van der Waals surface area (Å²) in [7, 11) is 0. The van der Waals surface area contributed by atoms with Gasteiger partial charge in [-0.2, -0.15) is 0 Å². The first-order chi connectivity index (χ1) is 15.1. The first-order valence-corrected chi connectivity index (χ1v) is 11.7. The van der Waals surface area contributed by atoms with Crippen molar-refractivity contribution in [3.8, 4) is 28.7 Å². The molecular weight excluding hydrogens is 384 g/mol. The van der Waals surface area contributed by atoms with Crippen LogP contribution in [-0.2, 0) is 0 Å². The average Bonchev–Trinajstić information content (AvgIpc) is 3.26. The zero-order valence-electron chi connectivity index (χ0n) is 19.5. The van der Waals surface area contributed by atoms with Crippen molar-refractivity contribution < 1.29 is 9.15 Å². The van der Waals surface area contributed by atoms with Crippen LogP contribution in [0, 0.1) is 20.8 Å². The van der Waals surface area contributed by atoms with E-state index in [1.54, 1.807) is 0 Å². The lowest BCUT2D eigenvalue weighted by Gasteiger charge is -2.10. The molecule has 0 fully saturated rings. The summed E-state index contributed by atoms with van der Waals surface area (Å²) in [4.78, 5) is 0. The van der Waals surface area contributed by atoms with Gasteiger partial charge in [0.1, 0.15) is 5.75 Å². The molecule has 0 aliphatic carbocycles. The maximum atomic E-state index is 6.07. The van der Waals surface area contributed by atoms with Gasteiger partial charge >= 0.3 is 0 Å². The Kier molecular flexibility index (Phi) is 8.69. The van der Waals surface area contributed by atoms with Gasteiger partial charge in [-0.05, 0) is 68.1 Å². The molecule has 2 aromatic carbocycles. The number of rotatable bonds is 12. The minimum atomic E-state index is 0.519. The zero-order valence-corrected chi connectivity index (χ0v) is 19.5. The number of aryl methyl sites for hydroxylation is 3. The number of aromatic nitrogens is 2. The summed E-state index contributed by atoms with van der Waals surface area (Å²) in [5.41, 5.74) is 5.42. The van der Waals surface area contributed by atoms with Crippen molar-refractivity contribution in [2.45, 2.75) is 79.1 Å². The molecule has 3 rings (SSSR count). The summed E-state index contributed by atoms with van der Waals surface area (Å²) >= 11 is 0. The van der Waals surface area contributed by atoms with Crippen LogP contribution in [0.25, 0.3) is 22.9 Å². The van der Waals surface area contributed by atoms with Crippen molar-refractivity contribution in [3.05, 3.63) is 53.1 Å². The summed E-state index contributed by atoms with van der Waals surface area (Å²) in [6.45, 7) is 9.26. The summed E-state index contributed by atoms with van der Waals surface area (Å²) < 4.78 is 12.0. The predicted molar refractivity (Wildman–Crippen MR) is 127 cm³/mol. The van der Waals surface area contributed by atoms with E-state index in [0.29, 0.717) is 11.8 Å². The van der Waals surface area contributed by atoms with Gasteiger partial charge in [0.2, 0.25) is 11.8 Å². The van der Waals surface area contributed by atoms with Gasteiger partial charge in [0.15, 0.2) is 0 Å². The Morgan fingerprint density at radius 1 is 0.677 bits per heavy atom. The Labute approximate surface area is 187 Å². The van der Waals surface area contributed by atoms with Crippen molar-refractivity contribution in [1.82, 2.24) is 10.2 Å². The monoisotopic (exact) mass is 420 g/mol. The molecule has 1 heterocycles. The molecule has 0 radical (unpaired) electrons. The van der Waals surface area contributed by atoms with Gasteiger partial charge in [0, 0.05) is 11.1 Å². The second kappa shape index (κ2) is 11.7. The smallest absolute Gasteiger partial charge is 0.248 e. The van der Waals surface area contributed by atoms with Gasteiger partial charge in [0.05, 0.1) is 6.61 Å². The molecule has 3 aromatic rings. The van der Waals surface area contributed by atoms with Crippen LogP contribution in [0.2, 0.25) is 0 Å². The fourth-order valence-electron chi connectivity index (χ4n) is 3.64. The van der Waals surface area contributed by atoms with Crippen LogP contribution in [0.4, 0.5) is 0 Å². The van der Waals surface area contributed by atoms with E-state index >= 15 is 0 Å². The van der Waals surface area contributed by atoms with Gasteiger partial charge in [-0.25, -0.2) is 0 Å². The summed E-state index contributed by atoms with van der Waals surface area (Å²) in [5.74, 6) is 1.96. The summed E-state index contributed by atoms with van der Waals surface area (Å²) in [5, 5.41) is 8.52. The molecule has 0 aliphatic rings. The molecule has 4 nitrogen and oxygen atoms in total. The van der Waals surface area contributed by atoms with Gasteiger partial charge in [-0.3, -0.25) is 0 Å².